The van der Waals surface area contributed by atoms with Crippen molar-refractivity contribution in [3.05, 3.63) is 24.3 Å². The minimum atomic E-state index is -4.10. The Hall–Kier alpha value is -1.84. The summed E-state index contributed by atoms with van der Waals surface area (Å²) in [5.41, 5.74) is 0.175. The number of sulfonamides is 1. The predicted molar refractivity (Wildman–Crippen MR) is 151 cm³/mol. The van der Waals surface area contributed by atoms with Crippen LogP contribution in [0.25, 0.3) is 0 Å². The van der Waals surface area contributed by atoms with Crippen LogP contribution in [0.2, 0.25) is 0 Å². The molecular formula is C31H47NO7S. The smallest absolute Gasteiger partial charge is 0.421 e. The van der Waals surface area contributed by atoms with Crippen LogP contribution in [0.1, 0.15) is 79.1 Å². The van der Waals surface area contributed by atoms with Gasteiger partial charge in [0.2, 0.25) is 0 Å². The van der Waals surface area contributed by atoms with Crippen molar-refractivity contribution in [3.8, 4) is 5.75 Å². The molecule has 1 aromatic carbocycles. The van der Waals surface area contributed by atoms with Crippen LogP contribution in [0.5, 0.6) is 5.75 Å². The van der Waals surface area contributed by atoms with E-state index in [2.05, 4.69) is 27.7 Å². The quantitative estimate of drug-likeness (QED) is 0.371. The SMILES string of the molecule is CC[C@H]1[C@@H](O)C2C(CCC3(C)C([C@H](C)COC(=O)NS(=O)(=O)c4ccc(O)cc4)CC[C@@H]23)[C@@]2(C)CC[C@@H](O)C[C@@H]12. The van der Waals surface area contributed by atoms with Crippen LogP contribution in [-0.4, -0.2) is 48.6 Å². The molecule has 4 unspecified atom stereocenters. The van der Waals surface area contributed by atoms with Crippen LogP contribution in [0, 0.1) is 52.3 Å². The van der Waals surface area contributed by atoms with Gasteiger partial charge in [-0.3, -0.25) is 0 Å². The molecule has 0 spiro atoms. The Labute approximate surface area is 239 Å². The lowest BCUT2D eigenvalue weighted by atomic mass is 9.41. The highest BCUT2D eigenvalue weighted by Crippen LogP contribution is 2.69. The molecule has 4 aliphatic carbocycles. The Morgan fingerprint density at radius 3 is 2.35 bits per heavy atom. The lowest BCUT2D eigenvalue weighted by molar-refractivity contribution is -0.203. The molecule has 0 aromatic heterocycles. The second-order valence-electron chi connectivity index (χ2n) is 13.8. The number of phenols is 1. The van der Waals surface area contributed by atoms with Gasteiger partial charge in [-0.15, -0.1) is 0 Å². The van der Waals surface area contributed by atoms with Gasteiger partial charge in [0.1, 0.15) is 5.75 Å². The number of benzene rings is 1. The van der Waals surface area contributed by atoms with Crippen LogP contribution < -0.4 is 4.72 Å². The fraction of sp³-hybridized carbons (Fsp3) is 0.774. The summed E-state index contributed by atoms with van der Waals surface area (Å²) in [7, 11) is -4.10. The number of aliphatic hydroxyl groups is 2. The van der Waals surface area contributed by atoms with Crippen molar-refractivity contribution < 1.29 is 33.3 Å². The van der Waals surface area contributed by atoms with Crippen molar-refractivity contribution in [2.75, 3.05) is 6.61 Å². The van der Waals surface area contributed by atoms with Gasteiger partial charge in [0.05, 0.1) is 23.7 Å². The number of hydrogen-bond donors (Lipinski definition) is 4. The van der Waals surface area contributed by atoms with Gasteiger partial charge in [-0.05, 0) is 121 Å². The highest BCUT2D eigenvalue weighted by molar-refractivity contribution is 7.90. The normalized spacial score (nSPS) is 41.8. The predicted octanol–water partition coefficient (Wildman–Crippen LogP) is 5.07. The Balaban J connectivity index is 1.26. The summed E-state index contributed by atoms with van der Waals surface area (Å²) >= 11 is 0. The molecule has 5 rings (SSSR count). The summed E-state index contributed by atoms with van der Waals surface area (Å²) < 4.78 is 32.4. The minimum Gasteiger partial charge on any atom is -0.508 e. The lowest BCUT2D eigenvalue weighted by Gasteiger charge is -2.64. The van der Waals surface area contributed by atoms with Gasteiger partial charge in [-0.1, -0.05) is 34.1 Å². The summed E-state index contributed by atoms with van der Waals surface area (Å²) in [5, 5.41) is 31.8. The molecule has 4 fully saturated rings. The molecule has 0 saturated heterocycles. The zero-order chi connectivity index (χ0) is 29.0. The van der Waals surface area contributed by atoms with Crippen molar-refractivity contribution >= 4 is 16.1 Å². The molecule has 224 valence electrons. The van der Waals surface area contributed by atoms with Crippen LogP contribution in [0.4, 0.5) is 4.79 Å². The van der Waals surface area contributed by atoms with E-state index in [9.17, 15) is 28.5 Å². The molecule has 40 heavy (non-hydrogen) atoms. The molecule has 0 aliphatic heterocycles. The maximum atomic E-state index is 12.5. The molecule has 1 aromatic rings. The van der Waals surface area contributed by atoms with E-state index in [0.717, 1.165) is 51.4 Å². The number of nitrogens with one attached hydrogen (secondary N) is 1. The summed E-state index contributed by atoms with van der Waals surface area (Å²) in [4.78, 5) is 12.3. The van der Waals surface area contributed by atoms with E-state index in [1.807, 2.05) is 4.72 Å². The number of aromatic hydroxyl groups is 1. The highest BCUT2D eigenvalue weighted by Gasteiger charge is 2.64. The highest BCUT2D eigenvalue weighted by atomic mass is 32.2. The van der Waals surface area contributed by atoms with Crippen LogP contribution in [-0.2, 0) is 14.8 Å². The van der Waals surface area contributed by atoms with Gasteiger partial charge in [-0.2, -0.15) is 0 Å². The third-order valence-electron chi connectivity index (χ3n) is 12.0. The molecule has 0 radical (unpaired) electrons. The minimum absolute atomic E-state index is 0.0230. The first-order valence-electron chi connectivity index (χ1n) is 15.2. The molecule has 1 amide bonds. The van der Waals surface area contributed by atoms with Gasteiger partial charge in [0.15, 0.2) is 0 Å². The number of carbonyl (C=O) groups is 1. The topological polar surface area (TPSA) is 133 Å². The van der Waals surface area contributed by atoms with E-state index in [1.54, 1.807) is 0 Å². The third kappa shape index (κ3) is 4.94. The number of ether oxygens (including phenoxy) is 1. The zero-order valence-corrected chi connectivity index (χ0v) is 25.1. The summed E-state index contributed by atoms with van der Waals surface area (Å²) in [6.45, 7) is 9.19. The van der Waals surface area contributed by atoms with Crippen molar-refractivity contribution in [1.82, 2.24) is 4.72 Å². The number of amides is 1. The summed E-state index contributed by atoms with van der Waals surface area (Å²) in [6, 6.07) is 4.95. The Morgan fingerprint density at radius 2 is 1.68 bits per heavy atom. The zero-order valence-electron chi connectivity index (χ0n) is 24.3. The molecule has 4 saturated carbocycles. The fourth-order valence-electron chi connectivity index (χ4n) is 10.1. The van der Waals surface area contributed by atoms with E-state index in [0.29, 0.717) is 23.7 Å². The second kappa shape index (κ2) is 10.8. The van der Waals surface area contributed by atoms with E-state index in [-0.39, 0.29) is 58.0 Å². The Bertz CT molecular complexity index is 1190. The Morgan fingerprint density at radius 1 is 1.02 bits per heavy atom. The van der Waals surface area contributed by atoms with Gasteiger partial charge in [0, 0.05) is 0 Å². The molecule has 11 atom stereocenters. The van der Waals surface area contributed by atoms with Crippen molar-refractivity contribution in [1.29, 1.82) is 0 Å². The summed E-state index contributed by atoms with van der Waals surface area (Å²) in [5.74, 6) is 1.97. The molecule has 9 heteroatoms. The Kier molecular flexibility index (Phi) is 7.98. The fourth-order valence-corrected chi connectivity index (χ4v) is 11.0. The molecule has 4 N–H and O–H groups in total. The van der Waals surface area contributed by atoms with Gasteiger partial charge in [0.25, 0.3) is 10.0 Å². The number of aliphatic hydroxyl groups excluding tert-OH is 2. The van der Waals surface area contributed by atoms with Gasteiger partial charge in [-0.25, -0.2) is 17.9 Å². The first kappa shape index (κ1) is 29.6. The molecule has 0 heterocycles. The number of hydrogen-bond acceptors (Lipinski definition) is 7. The largest absolute Gasteiger partial charge is 0.508 e. The number of rotatable bonds is 6. The van der Waals surface area contributed by atoms with E-state index < -0.39 is 16.1 Å². The maximum absolute atomic E-state index is 12.5. The maximum Gasteiger partial charge on any atom is 0.421 e. The van der Waals surface area contributed by atoms with Crippen LogP contribution in [0.3, 0.4) is 0 Å². The third-order valence-corrected chi connectivity index (χ3v) is 13.3. The second-order valence-corrected chi connectivity index (χ2v) is 15.5. The van der Waals surface area contributed by atoms with Crippen LogP contribution >= 0.6 is 0 Å². The summed E-state index contributed by atoms with van der Waals surface area (Å²) in [6.07, 6.45) is 6.20. The van der Waals surface area contributed by atoms with Crippen molar-refractivity contribution in [3.63, 3.8) is 0 Å². The first-order chi connectivity index (χ1) is 18.8. The molecular weight excluding hydrogens is 530 g/mol. The lowest BCUT2D eigenvalue weighted by Crippen LogP contribution is -2.62. The van der Waals surface area contributed by atoms with Crippen molar-refractivity contribution in [2.45, 2.75) is 96.2 Å². The average Bonchev–Trinajstić information content (AvgIpc) is 3.26. The van der Waals surface area contributed by atoms with Gasteiger partial charge >= 0.3 is 6.09 Å². The van der Waals surface area contributed by atoms with E-state index in [1.165, 1.54) is 24.3 Å². The average molecular weight is 578 g/mol. The number of fused-ring (bicyclic) bond motifs is 5. The molecule has 4 aliphatic rings. The van der Waals surface area contributed by atoms with E-state index >= 15 is 0 Å². The van der Waals surface area contributed by atoms with Gasteiger partial charge < -0.3 is 20.1 Å². The molecule has 8 nitrogen and oxygen atoms in total. The monoisotopic (exact) mass is 577 g/mol. The number of phenolic OH excluding ortho intramolecular Hbond substituents is 1. The molecule has 0 bridgehead atoms. The van der Waals surface area contributed by atoms with E-state index in [4.69, 9.17) is 4.74 Å². The first-order valence-corrected chi connectivity index (χ1v) is 16.6. The number of carbonyl (C=O) groups excluding carboxylic acids is 1. The standard InChI is InChI=1S/C31H47NO7S/c1-5-22-26-16-20(34)12-14-31(26,4)25-13-15-30(3)23(10-11-24(30)27(25)28(22)35)18(2)17-39-29(36)32-40(37,38)21-8-6-19(33)7-9-21/h6-9,18,20,22-28,33-35H,5,10-17H2,1-4H3,(H,32,36)/t18-,20-,22-,23?,24+,25?,26+,27?,28-,30?,31-/m1/s1. The van der Waals surface area contributed by atoms with Crippen molar-refractivity contribution in [2.24, 2.45) is 52.3 Å². The van der Waals surface area contributed by atoms with Crippen LogP contribution in [0.15, 0.2) is 29.2 Å².